The van der Waals surface area contributed by atoms with Gasteiger partial charge in [0, 0.05) is 25.7 Å². The number of hydrogen-bond acceptors (Lipinski definition) is 4. The highest BCUT2D eigenvalue weighted by Crippen LogP contribution is 2.25. The number of aromatic nitrogens is 5. The number of fused-ring (bicyclic) bond motifs is 2. The van der Waals surface area contributed by atoms with E-state index in [0.29, 0.717) is 0 Å². The van der Waals surface area contributed by atoms with E-state index in [2.05, 4.69) is 59.7 Å². The molecule has 0 saturated carbocycles. The third-order valence-electron chi connectivity index (χ3n) is 4.82. The van der Waals surface area contributed by atoms with E-state index in [1.54, 1.807) is 10.7 Å². The smallest absolute Gasteiger partial charge is 0.171 e. The lowest BCUT2D eigenvalue weighted by Gasteiger charge is -2.28. The number of anilines is 1. The van der Waals surface area contributed by atoms with Crippen molar-refractivity contribution in [3.63, 3.8) is 0 Å². The Labute approximate surface area is 159 Å². The molecule has 0 N–H and O–H groups in total. The predicted molar refractivity (Wildman–Crippen MR) is 103 cm³/mol. The van der Waals surface area contributed by atoms with Gasteiger partial charge in [-0.15, -0.1) is 0 Å². The van der Waals surface area contributed by atoms with Gasteiger partial charge in [-0.25, -0.2) is 14.5 Å². The molecule has 1 aliphatic heterocycles. The van der Waals surface area contributed by atoms with E-state index in [9.17, 15) is 0 Å². The van der Waals surface area contributed by atoms with Crippen molar-refractivity contribution in [2.24, 2.45) is 0 Å². The highest BCUT2D eigenvalue weighted by Gasteiger charge is 2.22. The molecule has 3 aromatic heterocycles. The molecular weight excluding hydrogens is 392 g/mol. The van der Waals surface area contributed by atoms with Gasteiger partial charge in [-0.2, -0.15) is 5.10 Å². The first-order valence-electron chi connectivity index (χ1n) is 8.59. The van der Waals surface area contributed by atoms with Crippen LogP contribution in [0.25, 0.3) is 5.65 Å². The van der Waals surface area contributed by atoms with E-state index < -0.39 is 0 Å². The largest absolute Gasteiger partial charge is 0.350 e. The Bertz CT molecular complexity index is 1070. The van der Waals surface area contributed by atoms with Gasteiger partial charge in [0.05, 0.1) is 34.9 Å². The van der Waals surface area contributed by atoms with Gasteiger partial charge >= 0.3 is 0 Å². The van der Waals surface area contributed by atoms with Gasteiger partial charge in [-0.1, -0.05) is 30.3 Å². The number of rotatable bonds is 3. The van der Waals surface area contributed by atoms with Crippen LogP contribution < -0.4 is 4.90 Å². The minimum absolute atomic E-state index is 0.817. The number of benzene rings is 1. The van der Waals surface area contributed by atoms with Gasteiger partial charge in [0.2, 0.25) is 0 Å². The van der Waals surface area contributed by atoms with Crippen molar-refractivity contribution in [3.05, 3.63) is 76.5 Å². The second-order valence-electron chi connectivity index (χ2n) is 6.47. The van der Waals surface area contributed by atoms with E-state index >= 15 is 0 Å². The van der Waals surface area contributed by atoms with Crippen LogP contribution in [0, 0.1) is 0 Å². The quantitative estimate of drug-likeness (QED) is 0.521. The first-order valence-corrected chi connectivity index (χ1v) is 9.39. The fourth-order valence-electron chi connectivity index (χ4n) is 3.46. The number of nitrogens with zero attached hydrogens (tertiary/aromatic N) is 6. The molecule has 4 heterocycles. The molecule has 0 radical (unpaired) electrons. The van der Waals surface area contributed by atoms with Crippen molar-refractivity contribution in [2.75, 3.05) is 11.4 Å². The van der Waals surface area contributed by atoms with Crippen LogP contribution in [-0.4, -0.2) is 30.7 Å². The van der Waals surface area contributed by atoms with Gasteiger partial charge in [0.15, 0.2) is 5.65 Å². The molecule has 4 aromatic rings. The SMILES string of the molecule is Brc1cnn2ccc(N3CCc4ncn(Cc5ccccc5)c4C3)nc12. The summed E-state index contributed by atoms with van der Waals surface area (Å²) in [6.45, 7) is 2.58. The highest BCUT2D eigenvalue weighted by atomic mass is 79.9. The third kappa shape index (κ3) is 2.68. The maximum atomic E-state index is 4.78. The first-order chi connectivity index (χ1) is 12.8. The van der Waals surface area contributed by atoms with Crippen LogP contribution in [0.15, 0.2) is 59.6 Å². The van der Waals surface area contributed by atoms with Crippen LogP contribution in [0.4, 0.5) is 5.82 Å². The number of hydrogen-bond donors (Lipinski definition) is 0. The molecule has 0 bridgehead atoms. The summed E-state index contributed by atoms with van der Waals surface area (Å²) in [7, 11) is 0. The zero-order valence-electron chi connectivity index (χ0n) is 14.1. The Morgan fingerprint density at radius 2 is 2.00 bits per heavy atom. The molecule has 0 spiro atoms. The average molecular weight is 409 g/mol. The standard InChI is InChI=1S/C19H17BrN6/c20-15-10-22-26-9-7-18(23-19(15)26)24-8-6-16-17(12-24)25(13-21-16)11-14-4-2-1-3-5-14/h1-5,7,9-10,13H,6,8,11-12H2. The van der Waals surface area contributed by atoms with Gasteiger partial charge in [-0.05, 0) is 27.6 Å². The summed E-state index contributed by atoms with van der Waals surface area (Å²) >= 11 is 3.51. The normalized spacial score (nSPS) is 14.0. The van der Waals surface area contributed by atoms with Crippen molar-refractivity contribution < 1.29 is 0 Å². The van der Waals surface area contributed by atoms with Crippen molar-refractivity contribution >= 4 is 27.4 Å². The highest BCUT2D eigenvalue weighted by molar-refractivity contribution is 9.10. The maximum Gasteiger partial charge on any atom is 0.171 e. The summed E-state index contributed by atoms with van der Waals surface area (Å²) in [5.41, 5.74) is 4.59. The molecule has 26 heavy (non-hydrogen) atoms. The van der Waals surface area contributed by atoms with Gasteiger partial charge in [0.1, 0.15) is 5.82 Å². The van der Waals surface area contributed by atoms with Crippen LogP contribution in [0.2, 0.25) is 0 Å². The summed E-state index contributed by atoms with van der Waals surface area (Å²) in [6, 6.07) is 12.5. The zero-order chi connectivity index (χ0) is 17.5. The minimum atomic E-state index is 0.817. The summed E-state index contributed by atoms with van der Waals surface area (Å²) in [5.74, 6) is 0.969. The fourth-order valence-corrected chi connectivity index (χ4v) is 3.82. The number of halogens is 1. The van der Waals surface area contributed by atoms with Crippen molar-refractivity contribution in [3.8, 4) is 0 Å². The lowest BCUT2D eigenvalue weighted by Crippen LogP contribution is -2.32. The first kappa shape index (κ1) is 15.6. The molecule has 0 aliphatic carbocycles. The van der Waals surface area contributed by atoms with E-state index in [0.717, 1.165) is 42.0 Å². The van der Waals surface area contributed by atoms with Gasteiger partial charge in [0.25, 0.3) is 0 Å². The summed E-state index contributed by atoms with van der Waals surface area (Å²) in [5, 5.41) is 4.27. The van der Waals surface area contributed by atoms with Gasteiger partial charge in [-0.3, -0.25) is 0 Å². The average Bonchev–Trinajstić information content (AvgIpc) is 3.26. The van der Waals surface area contributed by atoms with E-state index in [1.165, 1.54) is 17.0 Å². The molecule has 0 amide bonds. The molecule has 0 unspecified atom stereocenters. The Hall–Kier alpha value is -2.67. The van der Waals surface area contributed by atoms with Gasteiger partial charge < -0.3 is 9.47 Å². The molecule has 6 nitrogen and oxygen atoms in total. The zero-order valence-corrected chi connectivity index (χ0v) is 15.7. The monoisotopic (exact) mass is 408 g/mol. The molecular formula is C19H17BrN6. The molecule has 1 aliphatic rings. The second-order valence-corrected chi connectivity index (χ2v) is 7.32. The number of imidazole rings is 1. The maximum absolute atomic E-state index is 4.78. The lowest BCUT2D eigenvalue weighted by atomic mass is 10.1. The van der Waals surface area contributed by atoms with Crippen LogP contribution in [0.5, 0.6) is 0 Å². The summed E-state index contributed by atoms with van der Waals surface area (Å²) in [4.78, 5) is 11.7. The topological polar surface area (TPSA) is 51.2 Å². The molecule has 0 saturated heterocycles. The summed E-state index contributed by atoms with van der Waals surface area (Å²) < 4.78 is 4.94. The minimum Gasteiger partial charge on any atom is -0.350 e. The van der Waals surface area contributed by atoms with E-state index in [4.69, 9.17) is 4.98 Å². The van der Waals surface area contributed by atoms with Crippen LogP contribution in [0.3, 0.4) is 0 Å². The Balaban J connectivity index is 1.45. The molecule has 0 atom stereocenters. The van der Waals surface area contributed by atoms with Crippen molar-refractivity contribution in [1.29, 1.82) is 0 Å². The second kappa shape index (κ2) is 6.25. The Morgan fingerprint density at radius 1 is 1.12 bits per heavy atom. The molecule has 1 aromatic carbocycles. The van der Waals surface area contributed by atoms with Crippen LogP contribution in [-0.2, 0) is 19.5 Å². The van der Waals surface area contributed by atoms with Crippen LogP contribution in [0.1, 0.15) is 17.0 Å². The predicted octanol–water partition coefficient (Wildman–Crippen LogP) is 3.30. The van der Waals surface area contributed by atoms with Crippen molar-refractivity contribution in [1.82, 2.24) is 24.1 Å². The van der Waals surface area contributed by atoms with Crippen molar-refractivity contribution in [2.45, 2.75) is 19.5 Å². The van der Waals surface area contributed by atoms with Crippen LogP contribution >= 0.6 is 15.9 Å². The fraction of sp³-hybridized carbons (Fsp3) is 0.211. The lowest BCUT2D eigenvalue weighted by molar-refractivity contribution is 0.651. The molecule has 0 fully saturated rings. The Kier molecular flexibility index (Phi) is 3.74. The molecule has 130 valence electrons. The summed E-state index contributed by atoms with van der Waals surface area (Å²) in [6.07, 6.45) is 6.63. The van der Waals surface area contributed by atoms with E-state index in [1.807, 2.05) is 24.7 Å². The molecule has 7 heteroatoms. The van der Waals surface area contributed by atoms with E-state index in [-0.39, 0.29) is 0 Å². The third-order valence-corrected chi connectivity index (χ3v) is 5.38. The molecule has 5 rings (SSSR count). The Morgan fingerprint density at radius 3 is 2.88 bits per heavy atom.